The van der Waals surface area contributed by atoms with Gasteiger partial charge >= 0.3 is 5.97 Å². The largest absolute Gasteiger partial charge is 0.452 e. The SMILES string of the molecule is [N-]=[N+]=NCc1ccccc1C(=O)O[C@H]1[C@@H](OCc2ccccc2)[C@H](OCc2ccccc2)[C@@H](COCc2ccccc2)O[C@@H]1Sc1ccccc1. The monoisotopic (exact) mass is 701 g/mol. The molecule has 10 heteroatoms. The van der Waals surface area contributed by atoms with Crippen LogP contribution in [0, 0.1) is 0 Å². The van der Waals surface area contributed by atoms with E-state index in [4.69, 9.17) is 29.2 Å². The second-order valence-electron chi connectivity index (χ2n) is 11.9. The summed E-state index contributed by atoms with van der Waals surface area (Å²) < 4.78 is 33.0. The van der Waals surface area contributed by atoms with Gasteiger partial charge in [0.25, 0.3) is 0 Å². The van der Waals surface area contributed by atoms with Gasteiger partial charge in [-0.25, -0.2) is 4.79 Å². The standard InChI is InChI=1S/C41H39N3O6S/c42-44-43-25-33-21-13-14-24-35(33)40(45)50-39-38(48-28-32-19-9-3-10-20-32)37(47-27-31-17-7-2-8-18-31)36(29-46-26-30-15-5-1-6-16-30)49-41(39)51-34-22-11-4-12-23-34/h1-24,36-39,41H,25-29H2/t36-,37-,38+,39+,41-/m1/s1. The van der Waals surface area contributed by atoms with Gasteiger partial charge in [0.2, 0.25) is 0 Å². The highest BCUT2D eigenvalue weighted by Crippen LogP contribution is 2.38. The number of carbonyl (C=O) groups is 1. The normalized spacial score (nSPS) is 19.9. The highest BCUT2D eigenvalue weighted by Gasteiger charge is 2.50. The summed E-state index contributed by atoms with van der Waals surface area (Å²) in [7, 11) is 0. The maximum atomic E-state index is 14.1. The number of esters is 1. The van der Waals surface area contributed by atoms with Crippen molar-refractivity contribution in [2.24, 2.45) is 5.11 Å². The molecule has 0 unspecified atom stereocenters. The van der Waals surface area contributed by atoms with Crippen LogP contribution in [-0.2, 0) is 50.0 Å². The summed E-state index contributed by atoms with van der Waals surface area (Å²) in [6, 6.07) is 46.4. The smallest absolute Gasteiger partial charge is 0.338 e. The Morgan fingerprint density at radius 2 is 1.20 bits per heavy atom. The molecule has 260 valence electrons. The predicted molar refractivity (Wildman–Crippen MR) is 196 cm³/mol. The molecule has 1 aliphatic rings. The Labute approximate surface area is 302 Å². The Hall–Kier alpha value is -4.93. The number of thioether (sulfide) groups is 1. The topological polar surface area (TPSA) is 112 Å². The van der Waals surface area contributed by atoms with E-state index >= 15 is 0 Å². The molecular formula is C41H39N3O6S. The molecule has 0 bridgehead atoms. The number of hydrogen-bond donors (Lipinski definition) is 0. The molecule has 1 aliphatic heterocycles. The molecule has 0 aromatic heterocycles. The highest BCUT2D eigenvalue weighted by atomic mass is 32.2. The lowest BCUT2D eigenvalue weighted by molar-refractivity contribution is -0.242. The van der Waals surface area contributed by atoms with Crippen LogP contribution in [-0.4, -0.2) is 42.4 Å². The van der Waals surface area contributed by atoms with Gasteiger partial charge in [-0.05, 0) is 46.0 Å². The van der Waals surface area contributed by atoms with Crippen molar-refractivity contribution >= 4 is 17.7 Å². The molecular weight excluding hydrogens is 663 g/mol. The summed E-state index contributed by atoms with van der Waals surface area (Å²) >= 11 is 1.45. The van der Waals surface area contributed by atoms with E-state index in [1.165, 1.54) is 11.8 Å². The molecule has 1 saturated heterocycles. The maximum Gasteiger partial charge on any atom is 0.338 e. The van der Waals surface area contributed by atoms with Crippen LogP contribution in [0.3, 0.4) is 0 Å². The van der Waals surface area contributed by atoms with E-state index in [1.807, 2.05) is 121 Å². The minimum absolute atomic E-state index is 0.00269. The minimum Gasteiger partial charge on any atom is -0.452 e. The minimum atomic E-state index is -0.912. The Balaban J connectivity index is 1.36. The highest BCUT2D eigenvalue weighted by molar-refractivity contribution is 7.99. The zero-order valence-electron chi connectivity index (χ0n) is 28.0. The van der Waals surface area contributed by atoms with Crippen LogP contribution in [0.2, 0.25) is 0 Å². The van der Waals surface area contributed by atoms with E-state index in [1.54, 1.807) is 24.3 Å². The van der Waals surface area contributed by atoms with Gasteiger partial charge in [-0.2, -0.15) is 0 Å². The van der Waals surface area contributed by atoms with Crippen LogP contribution in [0.5, 0.6) is 0 Å². The fourth-order valence-corrected chi connectivity index (χ4v) is 6.94. The first-order valence-electron chi connectivity index (χ1n) is 16.8. The fourth-order valence-electron chi connectivity index (χ4n) is 5.81. The van der Waals surface area contributed by atoms with Crippen molar-refractivity contribution in [3.05, 3.63) is 184 Å². The van der Waals surface area contributed by atoms with Crippen LogP contribution < -0.4 is 0 Å². The third-order valence-corrected chi connectivity index (χ3v) is 9.49. The van der Waals surface area contributed by atoms with Crippen LogP contribution in [0.15, 0.2) is 156 Å². The first kappa shape index (κ1) is 35.9. The van der Waals surface area contributed by atoms with Gasteiger partial charge in [0.15, 0.2) is 6.10 Å². The van der Waals surface area contributed by atoms with Crippen LogP contribution in [0.4, 0.5) is 0 Å². The quantitative estimate of drug-likeness (QED) is 0.0437. The maximum absolute atomic E-state index is 14.1. The van der Waals surface area contributed by atoms with Crippen molar-refractivity contribution in [3.63, 3.8) is 0 Å². The second-order valence-corrected chi connectivity index (χ2v) is 13.1. The molecule has 5 atom stereocenters. The molecule has 0 radical (unpaired) electrons. The summed E-state index contributed by atoms with van der Waals surface area (Å²) in [5.41, 5.74) is 12.1. The molecule has 51 heavy (non-hydrogen) atoms. The third kappa shape index (κ3) is 10.3. The van der Waals surface area contributed by atoms with E-state index in [-0.39, 0.29) is 26.4 Å². The lowest BCUT2D eigenvalue weighted by atomic mass is 9.98. The number of benzene rings is 5. The number of hydrogen-bond acceptors (Lipinski definition) is 8. The summed E-state index contributed by atoms with van der Waals surface area (Å²) in [5, 5.41) is 3.69. The predicted octanol–water partition coefficient (Wildman–Crippen LogP) is 8.93. The van der Waals surface area contributed by atoms with Gasteiger partial charge in [-0.15, -0.1) is 0 Å². The first-order chi connectivity index (χ1) is 25.2. The van der Waals surface area contributed by atoms with Crippen molar-refractivity contribution in [1.82, 2.24) is 0 Å². The van der Waals surface area contributed by atoms with Gasteiger partial charge < -0.3 is 23.7 Å². The van der Waals surface area contributed by atoms with Crippen LogP contribution in [0.25, 0.3) is 10.4 Å². The number of nitrogens with zero attached hydrogens (tertiary/aromatic N) is 3. The molecule has 5 aromatic carbocycles. The molecule has 0 N–H and O–H groups in total. The van der Waals surface area contributed by atoms with Crippen LogP contribution in [0.1, 0.15) is 32.6 Å². The van der Waals surface area contributed by atoms with E-state index in [0.29, 0.717) is 17.7 Å². The first-order valence-corrected chi connectivity index (χ1v) is 17.7. The van der Waals surface area contributed by atoms with Crippen molar-refractivity contribution in [2.75, 3.05) is 6.61 Å². The third-order valence-electron chi connectivity index (χ3n) is 8.34. The molecule has 0 aliphatic carbocycles. The van der Waals surface area contributed by atoms with Crippen molar-refractivity contribution in [2.45, 2.75) is 61.1 Å². The second kappa shape index (κ2) is 18.9. The van der Waals surface area contributed by atoms with Crippen LogP contribution >= 0.6 is 11.8 Å². The van der Waals surface area contributed by atoms with Gasteiger partial charge in [0, 0.05) is 9.81 Å². The van der Waals surface area contributed by atoms with Gasteiger partial charge in [0.1, 0.15) is 23.7 Å². The average molecular weight is 702 g/mol. The molecule has 1 heterocycles. The summed E-state index contributed by atoms with van der Waals surface area (Å²) in [4.78, 5) is 17.9. The lowest BCUT2D eigenvalue weighted by Crippen LogP contribution is -2.60. The molecule has 5 aromatic rings. The molecule has 6 rings (SSSR count). The van der Waals surface area contributed by atoms with Crippen molar-refractivity contribution in [3.8, 4) is 0 Å². The Morgan fingerprint density at radius 3 is 1.80 bits per heavy atom. The van der Waals surface area contributed by atoms with E-state index in [2.05, 4.69) is 10.0 Å². The van der Waals surface area contributed by atoms with Crippen molar-refractivity contribution < 1.29 is 28.5 Å². The summed E-state index contributed by atoms with van der Waals surface area (Å²) in [5.74, 6) is -0.583. The Morgan fingerprint density at radius 1 is 0.667 bits per heavy atom. The average Bonchev–Trinajstić information content (AvgIpc) is 3.18. The van der Waals surface area contributed by atoms with Gasteiger partial charge in [0.05, 0.1) is 38.5 Å². The Kier molecular flexibility index (Phi) is 13.3. The molecule has 0 saturated carbocycles. The van der Waals surface area contributed by atoms with E-state index in [0.717, 1.165) is 21.6 Å². The van der Waals surface area contributed by atoms with Gasteiger partial charge in [-0.1, -0.05) is 144 Å². The van der Waals surface area contributed by atoms with Crippen molar-refractivity contribution in [1.29, 1.82) is 0 Å². The van der Waals surface area contributed by atoms with E-state index in [9.17, 15) is 4.79 Å². The fraction of sp³-hybridized carbons (Fsp3) is 0.244. The summed E-state index contributed by atoms with van der Waals surface area (Å²) in [6.07, 6.45) is -2.94. The molecule has 0 spiro atoms. The summed E-state index contributed by atoms with van der Waals surface area (Å²) in [6.45, 7) is 1.13. The zero-order chi connectivity index (χ0) is 35.1. The van der Waals surface area contributed by atoms with Gasteiger partial charge in [-0.3, -0.25) is 0 Å². The Bertz CT molecular complexity index is 1850. The zero-order valence-corrected chi connectivity index (χ0v) is 28.8. The molecule has 1 fully saturated rings. The number of azide groups is 1. The molecule has 0 amide bonds. The number of ether oxygens (including phenoxy) is 5. The number of rotatable bonds is 16. The van der Waals surface area contributed by atoms with E-state index < -0.39 is 35.8 Å². The lowest BCUT2D eigenvalue weighted by Gasteiger charge is -2.45. The number of carbonyl (C=O) groups excluding carboxylic acids is 1. The molecule has 9 nitrogen and oxygen atoms in total.